The van der Waals surface area contributed by atoms with E-state index in [-0.39, 0.29) is 10.7 Å². The number of carbonyl (C=O) groups excluding carboxylic acids is 2. The van der Waals surface area contributed by atoms with E-state index in [4.69, 9.17) is 21.6 Å². The lowest BCUT2D eigenvalue weighted by Gasteiger charge is -2.14. The average molecular weight is 409 g/mol. The molecule has 146 valence electrons. The Morgan fingerprint density at radius 1 is 1.17 bits per heavy atom. The van der Waals surface area contributed by atoms with Gasteiger partial charge in [0.1, 0.15) is 16.8 Å². The number of rotatable bonds is 5. The molecule has 0 aliphatic carbocycles. The van der Waals surface area contributed by atoms with Crippen LogP contribution in [0.25, 0.3) is 5.69 Å². The maximum atomic E-state index is 12.6. The van der Waals surface area contributed by atoms with Crippen molar-refractivity contribution in [3.8, 4) is 11.8 Å². The first-order valence-electron chi connectivity index (χ1n) is 8.74. The van der Waals surface area contributed by atoms with E-state index in [0.29, 0.717) is 22.6 Å². The van der Waals surface area contributed by atoms with Gasteiger partial charge in [0.2, 0.25) is 0 Å². The number of anilines is 1. The molecule has 3 rings (SSSR count). The van der Waals surface area contributed by atoms with E-state index in [9.17, 15) is 9.59 Å². The molecule has 2 aromatic carbocycles. The molecule has 0 spiro atoms. The summed E-state index contributed by atoms with van der Waals surface area (Å²) in [6.07, 6.45) is -1.11. The summed E-state index contributed by atoms with van der Waals surface area (Å²) >= 11 is 6.35. The monoisotopic (exact) mass is 408 g/mol. The lowest BCUT2D eigenvalue weighted by Crippen LogP contribution is -2.30. The van der Waals surface area contributed by atoms with Crippen LogP contribution in [0.3, 0.4) is 0 Å². The van der Waals surface area contributed by atoms with Crippen molar-refractivity contribution < 1.29 is 14.3 Å². The number of esters is 1. The highest BCUT2D eigenvalue weighted by molar-refractivity contribution is 6.33. The normalized spacial score (nSPS) is 11.4. The van der Waals surface area contributed by atoms with Crippen LogP contribution < -0.4 is 5.32 Å². The number of nitriles is 1. The molecule has 0 bridgehead atoms. The molecule has 1 N–H and O–H groups in total. The third-order valence-corrected chi connectivity index (χ3v) is 4.52. The predicted molar refractivity (Wildman–Crippen MR) is 108 cm³/mol. The molecule has 0 fully saturated rings. The number of halogens is 1. The molecule has 0 unspecified atom stereocenters. The highest BCUT2D eigenvalue weighted by Crippen LogP contribution is 2.25. The Morgan fingerprint density at radius 2 is 1.83 bits per heavy atom. The first-order chi connectivity index (χ1) is 13.9. The van der Waals surface area contributed by atoms with Gasteiger partial charge in [0, 0.05) is 0 Å². The summed E-state index contributed by atoms with van der Waals surface area (Å²) < 4.78 is 6.72. The fraction of sp³-hybridized carbons (Fsp3) is 0.143. The first-order valence-corrected chi connectivity index (χ1v) is 9.11. The van der Waals surface area contributed by atoms with E-state index in [1.807, 2.05) is 24.3 Å². The number of nitrogens with one attached hydrogen (secondary N) is 1. The van der Waals surface area contributed by atoms with Gasteiger partial charge in [-0.1, -0.05) is 41.9 Å². The van der Waals surface area contributed by atoms with Gasteiger partial charge in [0.15, 0.2) is 6.10 Å². The van der Waals surface area contributed by atoms with Crippen molar-refractivity contribution in [2.45, 2.75) is 20.0 Å². The second-order valence-corrected chi connectivity index (χ2v) is 6.55. The Bertz CT molecular complexity index is 1100. The third kappa shape index (κ3) is 4.28. The highest BCUT2D eigenvalue weighted by atomic mass is 35.5. The van der Waals surface area contributed by atoms with E-state index >= 15 is 0 Å². The zero-order valence-corrected chi connectivity index (χ0v) is 16.5. The first kappa shape index (κ1) is 20.1. The molecule has 1 amide bonds. The van der Waals surface area contributed by atoms with Crippen LogP contribution in [0.5, 0.6) is 0 Å². The van der Waals surface area contributed by atoms with Gasteiger partial charge in [-0.3, -0.25) is 4.79 Å². The van der Waals surface area contributed by atoms with Gasteiger partial charge in [-0.15, -0.1) is 0 Å². The maximum absolute atomic E-state index is 12.6. The van der Waals surface area contributed by atoms with Crippen LogP contribution >= 0.6 is 11.6 Å². The van der Waals surface area contributed by atoms with Crippen LogP contribution in [-0.4, -0.2) is 27.8 Å². The number of para-hydroxylation sites is 2. The summed E-state index contributed by atoms with van der Waals surface area (Å²) in [6, 6.07) is 17.6. The summed E-state index contributed by atoms with van der Waals surface area (Å²) in [5, 5.41) is 16.1. The van der Waals surface area contributed by atoms with E-state index in [1.54, 1.807) is 43.3 Å². The number of hydrogen-bond acceptors (Lipinski definition) is 5. The molecule has 7 nitrogen and oxygen atoms in total. The smallest absolute Gasteiger partial charge is 0.344 e. The number of ether oxygens (including phenoxy) is 1. The van der Waals surface area contributed by atoms with Crippen LogP contribution in [0.2, 0.25) is 5.15 Å². The lowest BCUT2D eigenvalue weighted by molar-refractivity contribution is -0.123. The molecule has 3 aromatic rings. The van der Waals surface area contributed by atoms with Gasteiger partial charge >= 0.3 is 5.97 Å². The van der Waals surface area contributed by atoms with Crippen molar-refractivity contribution in [3.63, 3.8) is 0 Å². The maximum Gasteiger partial charge on any atom is 0.344 e. The lowest BCUT2D eigenvalue weighted by atomic mass is 10.2. The Morgan fingerprint density at radius 3 is 2.52 bits per heavy atom. The van der Waals surface area contributed by atoms with Gasteiger partial charge in [-0.05, 0) is 38.1 Å². The van der Waals surface area contributed by atoms with Gasteiger partial charge in [-0.2, -0.15) is 10.4 Å². The number of hydrogen-bond donors (Lipinski definition) is 1. The topological polar surface area (TPSA) is 97.0 Å². The minimum absolute atomic E-state index is 0.0904. The van der Waals surface area contributed by atoms with Crippen molar-refractivity contribution in [1.82, 2.24) is 9.78 Å². The fourth-order valence-corrected chi connectivity index (χ4v) is 3.02. The molecular weight excluding hydrogens is 392 g/mol. The minimum atomic E-state index is -1.11. The molecule has 0 aliphatic rings. The van der Waals surface area contributed by atoms with E-state index in [1.165, 1.54) is 11.6 Å². The quantitative estimate of drug-likeness (QED) is 0.646. The highest BCUT2D eigenvalue weighted by Gasteiger charge is 2.26. The van der Waals surface area contributed by atoms with Crippen molar-refractivity contribution in [3.05, 3.63) is 76.6 Å². The molecular formula is C21H17ClN4O3. The van der Waals surface area contributed by atoms with Gasteiger partial charge < -0.3 is 10.1 Å². The SMILES string of the molecule is Cc1nn(-c2ccccc2)c(Cl)c1C(=O)O[C@H](C)C(=O)Nc1ccccc1C#N. The Labute approximate surface area is 172 Å². The molecule has 1 heterocycles. The summed E-state index contributed by atoms with van der Waals surface area (Å²) in [6.45, 7) is 3.07. The van der Waals surface area contributed by atoms with Crippen LogP contribution in [0.15, 0.2) is 54.6 Å². The standard InChI is InChI=1S/C21H17ClN4O3/c1-13-18(19(22)26(25-13)16-9-4-3-5-10-16)21(28)29-14(2)20(27)24-17-11-7-6-8-15(17)12-23/h3-11,14H,1-2H3,(H,24,27)/t14-/m1/s1. The Hall–Kier alpha value is -3.63. The summed E-state index contributed by atoms with van der Waals surface area (Å²) in [4.78, 5) is 25.0. The molecule has 0 saturated heterocycles. The number of amides is 1. The van der Waals surface area contributed by atoms with E-state index in [2.05, 4.69) is 10.4 Å². The zero-order valence-electron chi connectivity index (χ0n) is 15.7. The Kier molecular flexibility index (Phi) is 5.96. The van der Waals surface area contributed by atoms with Crippen molar-refractivity contribution in [2.24, 2.45) is 0 Å². The van der Waals surface area contributed by atoms with Crippen LogP contribution in [0, 0.1) is 18.3 Å². The second kappa shape index (κ2) is 8.59. The van der Waals surface area contributed by atoms with Crippen LogP contribution in [0.1, 0.15) is 28.5 Å². The molecule has 1 atom stereocenters. The summed E-state index contributed by atoms with van der Waals surface area (Å²) in [7, 11) is 0. The fourth-order valence-electron chi connectivity index (χ4n) is 2.67. The van der Waals surface area contributed by atoms with Gasteiger partial charge in [0.25, 0.3) is 5.91 Å². The van der Waals surface area contributed by atoms with Crippen LogP contribution in [0.4, 0.5) is 5.69 Å². The Balaban J connectivity index is 1.76. The predicted octanol–water partition coefficient (Wildman–Crippen LogP) is 3.89. The number of benzene rings is 2. The minimum Gasteiger partial charge on any atom is -0.449 e. The largest absolute Gasteiger partial charge is 0.449 e. The van der Waals surface area contributed by atoms with Crippen molar-refractivity contribution in [2.75, 3.05) is 5.32 Å². The van der Waals surface area contributed by atoms with Gasteiger partial charge in [0.05, 0.1) is 22.6 Å². The molecule has 1 aromatic heterocycles. The summed E-state index contributed by atoms with van der Waals surface area (Å²) in [5.41, 5.74) is 1.81. The summed E-state index contributed by atoms with van der Waals surface area (Å²) in [5.74, 6) is -1.32. The zero-order chi connectivity index (χ0) is 21.0. The van der Waals surface area contributed by atoms with Crippen LogP contribution in [-0.2, 0) is 9.53 Å². The second-order valence-electron chi connectivity index (χ2n) is 6.19. The molecule has 29 heavy (non-hydrogen) atoms. The van der Waals surface area contributed by atoms with E-state index in [0.717, 1.165) is 0 Å². The number of aromatic nitrogens is 2. The van der Waals surface area contributed by atoms with Crippen molar-refractivity contribution >= 4 is 29.2 Å². The molecule has 8 heteroatoms. The van der Waals surface area contributed by atoms with E-state index < -0.39 is 18.0 Å². The van der Waals surface area contributed by atoms with Crippen molar-refractivity contribution in [1.29, 1.82) is 5.26 Å². The van der Waals surface area contributed by atoms with Gasteiger partial charge in [-0.25, -0.2) is 9.48 Å². The third-order valence-electron chi connectivity index (χ3n) is 4.17. The number of nitrogens with zero attached hydrogens (tertiary/aromatic N) is 3. The molecule has 0 aliphatic heterocycles. The molecule has 0 radical (unpaired) electrons. The average Bonchev–Trinajstić information content (AvgIpc) is 3.03. The molecule has 0 saturated carbocycles. The number of aryl methyl sites for hydroxylation is 1. The number of carbonyl (C=O) groups is 2.